The molecule has 0 radical (unpaired) electrons. The van der Waals surface area contributed by atoms with Crippen LogP contribution in [0.4, 0.5) is 0 Å². The van der Waals surface area contributed by atoms with Gasteiger partial charge in [-0.05, 0) is 23.8 Å². The molecule has 0 saturated heterocycles. The smallest absolute Gasteiger partial charge is 0.0645 e. The van der Waals surface area contributed by atoms with Gasteiger partial charge in [0.15, 0.2) is 0 Å². The number of aryl methyl sites for hydroxylation is 1. The first kappa shape index (κ1) is 12.6. The van der Waals surface area contributed by atoms with Crippen molar-refractivity contribution in [3.8, 4) is 5.69 Å². The van der Waals surface area contributed by atoms with Crippen LogP contribution in [0.25, 0.3) is 5.69 Å². The Balaban J connectivity index is 1.56. The highest BCUT2D eigenvalue weighted by Gasteiger charge is 1.98. The van der Waals surface area contributed by atoms with Crippen LogP contribution in [0.3, 0.4) is 0 Å². The number of hydrogen-bond acceptors (Lipinski definition) is 3. The van der Waals surface area contributed by atoms with Crippen LogP contribution in [-0.4, -0.2) is 19.6 Å². The van der Waals surface area contributed by atoms with Crippen LogP contribution in [0.5, 0.6) is 0 Å². The first-order chi connectivity index (χ1) is 9.81. The monoisotopic (exact) mass is 267 g/mol. The van der Waals surface area contributed by atoms with Crippen molar-refractivity contribution in [1.29, 1.82) is 0 Å². The average Bonchev–Trinajstić information content (AvgIpc) is 3.11. The van der Waals surface area contributed by atoms with Crippen LogP contribution in [0.2, 0.25) is 0 Å². The van der Waals surface area contributed by atoms with Gasteiger partial charge in [0, 0.05) is 44.3 Å². The Kier molecular flexibility index (Phi) is 3.60. The van der Waals surface area contributed by atoms with Gasteiger partial charge in [0.1, 0.15) is 0 Å². The Morgan fingerprint density at radius 2 is 1.85 bits per heavy atom. The van der Waals surface area contributed by atoms with Crippen LogP contribution in [0, 0.1) is 0 Å². The summed E-state index contributed by atoms with van der Waals surface area (Å²) in [5, 5.41) is 11.8. The molecule has 0 unspecified atom stereocenters. The van der Waals surface area contributed by atoms with Crippen LogP contribution < -0.4 is 5.32 Å². The van der Waals surface area contributed by atoms with Gasteiger partial charge in [0.2, 0.25) is 0 Å². The van der Waals surface area contributed by atoms with E-state index in [2.05, 4.69) is 39.8 Å². The fraction of sp³-hybridized carbons (Fsp3) is 0.200. The number of hydrogen-bond donors (Lipinski definition) is 1. The van der Waals surface area contributed by atoms with E-state index < -0.39 is 0 Å². The zero-order valence-corrected chi connectivity index (χ0v) is 11.4. The van der Waals surface area contributed by atoms with E-state index in [1.807, 2.05) is 41.1 Å². The number of nitrogens with one attached hydrogen (secondary N) is 1. The lowest BCUT2D eigenvalue weighted by molar-refractivity contribution is 0.691. The summed E-state index contributed by atoms with van der Waals surface area (Å²) in [6.07, 6.45) is 7.63. The summed E-state index contributed by atoms with van der Waals surface area (Å²) in [6.45, 7) is 1.67. The van der Waals surface area contributed by atoms with Gasteiger partial charge in [0.05, 0.1) is 11.9 Å². The summed E-state index contributed by atoms with van der Waals surface area (Å²) in [7, 11) is 1.93. The van der Waals surface area contributed by atoms with E-state index in [1.165, 1.54) is 11.1 Å². The quantitative estimate of drug-likeness (QED) is 0.768. The molecule has 0 saturated carbocycles. The fourth-order valence-corrected chi connectivity index (χ4v) is 2.10. The normalized spacial score (nSPS) is 10.8. The summed E-state index contributed by atoms with van der Waals surface area (Å²) >= 11 is 0. The summed E-state index contributed by atoms with van der Waals surface area (Å²) in [4.78, 5) is 0. The van der Waals surface area contributed by atoms with E-state index >= 15 is 0 Å². The molecule has 0 amide bonds. The van der Waals surface area contributed by atoms with Gasteiger partial charge >= 0.3 is 0 Å². The predicted octanol–water partition coefficient (Wildman–Crippen LogP) is 1.90. The molecule has 1 N–H and O–H groups in total. The van der Waals surface area contributed by atoms with Gasteiger partial charge in [-0.15, -0.1) is 0 Å². The third kappa shape index (κ3) is 2.95. The highest BCUT2D eigenvalue weighted by molar-refractivity contribution is 5.33. The van der Waals surface area contributed by atoms with E-state index in [1.54, 1.807) is 6.20 Å². The topological polar surface area (TPSA) is 47.7 Å². The zero-order chi connectivity index (χ0) is 13.8. The van der Waals surface area contributed by atoms with Crippen LogP contribution in [-0.2, 0) is 20.1 Å². The number of aromatic nitrogens is 4. The van der Waals surface area contributed by atoms with Crippen molar-refractivity contribution in [2.45, 2.75) is 13.1 Å². The molecule has 0 atom stereocenters. The van der Waals surface area contributed by atoms with Crippen molar-refractivity contribution < 1.29 is 0 Å². The van der Waals surface area contributed by atoms with Crippen LogP contribution in [0.15, 0.2) is 55.1 Å². The summed E-state index contributed by atoms with van der Waals surface area (Å²) in [5.74, 6) is 0. The van der Waals surface area contributed by atoms with Gasteiger partial charge in [0.25, 0.3) is 0 Å². The molecule has 0 fully saturated rings. The lowest BCUT2D eigenvalue weighted by atomic mass is 10.2. The Labute approximate surface area is 117 Å². The minimum Gasteiger partial charge on any atom is -0.309 e. The SMILES string of the molecule is Cn1cc(CNCc2ccc(-n3cccn3)cc2)cn1. The van der Waals surface area contributed by atoms with Crippen molar-refractivity contribution in [3.05, 3.63) is 66.2 Å². The van der Waals surface area contributed by atoms with E-state index in [0.29, 0.717) is 0 Å². The first-order valence-electron chi connectivity index (χ1n) is 6.58. The summed E-state index contributed by atoms with van der Waals surface area (Å²) in [5.41, 5.74) is 3.52. The molecular formula is C15H17N5. The molecular weight excluding hydrogens is 250 g/mol. The second-order valence-electron chi connectivity index (χ2n) is 4.74. The number of nitrogens with zero attached hydrogens (tertiary/aromatic N) is 4. The van der Waals surface area contributed by atoms with Gasteiger partial charge in [-0.2, -0.15) is 10.2 Å². The van der Waals surface area contributed by atoms with E-state index in [-0.39, 0.29) is 0 Å². The zero-order valence-electron chi connectivity index (χ0n) is 11.4. The molecule has 2 aromatic heterocycles. The third-order valence-electron chi connectivity index (χ3n) is 3.12. The molecule has 0 aliphatic rings. The van der Waals surface area contributed by atoms with Gasteiger partial charge in [-0.1, -0.05) is 12.1 Å². The molecule has 5 heteroatoms. The molecule has 102 valence electrons. The van der Waals surface area contributed by atoms with E-state index in [4.69, 9.17) is 0 Å². The molecule has 1 aromatic carbocycles. The van der Waals surface area contributed by atoms with Crippen molar-refractivity contribution in [2.75, 3.05) is 0 Å². The van der Waals surface area contributed by atoms with Crippen LogP contribution >= 0.6 is 0 Å². The summed E-state index contributed by atoms with van der Waals surface area (Å²) < 4.78 is 3.67. The van der Waals surface area contributed by atoms with Gasteiger partial charge in [-0.3, -0.25) is 4.68 Å². The minimum absolute atomic E-state index is 0.828. The Morgan fingerprint density at radius 3 is 2.50 bits per heavy atom. The Bertz CT molecular complexity index is 652. The van der Waals surface area contributed by atoms with Crippen LogP contribution in [0.1, 0.15) is 11.1 Å². The minimum atomic E-state index is 0.828. The molecule has 5 nitrogen and oxygen atoms in total. The van der Waals surface area contributed by atoms with Gasteiger partial charge in [-0.25, -0.2) is 4.68 Å². The fourth-order valence-electron chi connectivity index (χ4n) is 2.10. The lowest BCUT2D eigenvalue weighted by Gasteiger charge is -2.05. The predicted molar refractivity (Wildman–Crippen MR) is 77.3 cm³/mol. The van der Waals surface area contributed by atoms with E-state index in [9.17, 15) is 0 Å². The standard InChI is InChI=1S/C15H17N5/c1-19-12-14(11-18-19)10-16-9-13-3-5-15(6-4-13)20-8-2-7-17-20/h2-8,11-12,16H,9-10H2,1H3. The second-order valence-corrected chi connectivity index (χ2v) is 4.74. The maximum atomic E-state index is 4.21. The molecule has 3 rings (SSSR count). The number of rotatable bonds is 5. The second kappa shape index (κ2) is 5.71. The highest BCUT2D eigenvalue weighted by atomic mass is 15.3. The van der Waals surface area contributed by atoms with Gasteiger partial charge < -0.3 is 5.32 Å². The molecule has 0 aliphatic carbocycles. The molecule has 3 aromatic rings. The molecule has 0 aliphatic heterocycles. The van der Waals surface area contributed by atoms with E-state index in [0.717, 1.165) is 18.8 Å². The van der Waals surface area contributed by atoms with Crippen molar-refractivity contribution in [1.82, 2.24) is 24.9 Å². The number of benzene rings is 1. The molecule has 20 heavy (non-hydrogen) atoms. The van der Waals surface area contributed by atoms with Crippen molar-refractivity contribution in [3.63, 3.8) is 0 Å². The highest BCUT2D eigenvalue weighted by Crippen LogP contribution is 2.08. The Morgan fingerprint density at radius 1 is 1.05 bits per heavy atom. The maximum Gasteiger partial charge on any atom is 0.0645 e. The molecule has 0 spiro atoms. The first-order valence-corrected chi connectivity index (χ1v) is 6.58. The Hall–Kier alpha value is -2.40. The lowest BCUT2D eigenvalue weighted by Crippen LogP contribution is -2.12. The average molecular weight is 267 g/mol. The summed E-state index contributed by atoms with van der Waals surface area (Å²) in [6, 6.07) is 10.3. The third-order valence-corrected chi connectivity index (χ3v) is 3.12. The molecule has 0 bridgehead atoms. The van der Waals surface area contributed by atoms with Crippen molar-refractivity contribution in [2.24, 2.45) is 7.05 Å². The largest absolute Gasteiger partial charge is 0.309 e. The van der Waals surface area contributed by atoms with Crippen molar-refractivity contribution >= 4 is 0 Å². The maximum absolute atomic E-state index is 4.21. The molecule has 2 heterocycles.